The Bertz CT molecular complexity index is 459. The van der Waals surface area contributed by atoms with Gasteiger partial charge in [-0.3, -0.25) is 14.9 Å². The van der Waals surface area contributed by atoms with Gasteiger partial charge in [0.05, 0.1) is 16.4 Å². The maximum atomic E-state index is 11.3. The molecule has 0 spiro atoms. The van der Waals surface area contributed by atoms with Gasteiger partial charge in [0.2, 0.25) is 0 Å². The van der Waals surface area contributed by atoms with Crippen LogP contribution in [0.15, 0.2) is 6.07 Å². The van der Waals surface area contributed by atoms with Crippen molar-refractivity contribution >= 4 is 27.8 Å². The molecule has 1 heterocycles. The van der Waals surface area contributed by atoms with Crippen molar-refractivity contribution in [1.29, 1.82) is 0 Å². The van der Waals surface area contributed by atoms with E-state index < -0.39 is 4.92 Å². The summed E-state index contributed by atoms with van der Waals surface area (Å²) in [5, 5.41) is 11.6. The maximum Gasteiger partial charge on any atom is 0.304 e. The standard InChI is InChI=1S/C12H18N2O4S/c1-4-13(6-7-18-5-2)12-10(14(16)17)8-11(19-12)9(3)15/h8H,4-7H2,1-3H3. The van der Waals surface area contributed by atoms with Crippen molar-refractivity contribution in [2.24, 2.45) is 0 Å². The number of likely N-dealkylation sites (N-methyl/N-ethyl adjacent to an activating group) is 1. The van der Waals surface area contributed by atoms with Crippen molar-refractivity contribution in [3.8, 4) is 0 Å². The van der Waals surface area contributed by atoms with Crippen LogP contribution >= 0.6 is 11.3 Å². The fourth-order valence-electron chi connectivity index (χ4n) is 1.62. The third kappa shape index (κ3) is 4.00. The molecule has 106 valence electrons. The van der Waals surface area contributed by atoms with E-state index in [1.165, 1.54) is 24.3 Å². The molecule has 0 fully saturated rings. The van der Waals surface area contributed by atoms with Gasteiger partial charge in [-0.25, -0.2) is 0 Å². The summed E-state index contributed by atoms with van der Waals surface area (Å²) >= 11 is 1.17. The van der Waals surface area contributed by atoms with Gasteiger partial charge in [0.1, 0.15) is 0 Å². The molecule has 0 unspecified atom stereocenters. The van der Waals surface area contributed by atoms with E-state index in [1.807, 2.05) is 18.7 Å². The zero-order valence-electron chi connectivity index (χ0n) is 11.3. The Labute approximate surface area is 116 Å². The Morgan fingerprint density at radius 2 is 2.21 bits per heavy atom. The number of rotatable bonds is 8. The van der Waals surface area contributed by atoms with Gasteiger partial charge in [0, 0.05) is 25.8 Å². The van der Waals surface area contributed by atoms with E-state index in [0.29, 0.717) is 36.2 Å². The lowest BCUT2D eigenvalue weighted by molar-refractivity contribution is -0.383. The van der Waals surface area contributed by atoms with Crippen LogP contribution in [-0.4, -0.2) is 37.0 Å². The van der Waals surface area contributed by atoms with Crippen LogP contribution in [0.2, 0.25) is 0 Å². The fraction of sp³-hybridized carbons (Fsp3) is 0.583. The minimum Gasteiger partial charge on any atom is -0.380 e. The van der Waals surface area contributed by atoms with Crippen LogP contribution in [0.1, 0.15) is 30.4 Å². The smallest absolute Gasteiger partial charge is 0.304 e. The van der Waals surface area contributed by atoms with E-state index in [1.54, 1.807) is 0 Å². The Balaban J connectivity index is 3.00. The number of carbonyl (C=O) groups excluding carboxylic acids is 1. The van der Waals surface area contributed by atoms with Crippen molar-refractivity contribution in [3.63, 3.8) is 0 Å². The molecule has 0 aliphatic heterocycles. The van der Waals surface area contributed by atoms with Gasteiger partial charge in [0.25, 0.3) is 0 Å². The first kappa shape index (κ1) is 15.6. The predicted octanol–water partition coefficient (Wildman–Crippen LogP) is 2.72. The first-order valence-electron chi connectivity index (χ1n) is 6.13. The van der Waals surface area contributed by atoms with E-state index in [4.69, 9.17) is 4.74 Å². The maximum absolute atomic E-state index is 11.3. The van der Waals surface area contributed by atoms with Gasteiger partial charge in [-0.05, 0) is 20.8 Å². The highest BCUT2D eigenvalue weighted by molar-refractivity contribution is 7.18. The zero-order chi connectivity index (χ0) is 14.4. The van der Waals surface area contributed by atoms with E-state index in [0.717, 1.165) is 0 Å². The first-order chi connectivity index (χ1) is 9.01. The van der Waals surface area contributed by atoms with Crippen LogP contribution in [0, 0.1) is 10.1 Å². The number of nitro groups is 1. The predicted molar refractivity (Wildman–Crippen MR) is 75.4 cm³/mol. The Hall–Kier alpha value is -1.47. The summed E-state index contributed by atoms with van der Waals surface area (Å²) in [4.78, 5) is 24.2. The quantitative estimate of drug-likeness (QED) is 0.318. The fourth-order valence-corrected chi connectivity index (χ4v) is 2.74. The van der Waals surface area contributed by atoms with Crippen molar-refractivity contribution in [1.82, 2.24) is 0 Å². The second kappa shape index (κ2) is 7.20. The van der Waals surface area contributed by atoms with E-state index >= 15 is 0 Å². The molecular formula is C12H18N2O4S. The molecule has 0 saturated carbocycles. The number of hydrogen-bond donors (Lipinski definition) is 0. The Morgan fingerprint density at radius 3 is 2.68 bits per heavy atom. The number of carbonyl (C=O) groups is 1. The summed E-state index contributed by atoms with van der Waals surface area (Å²) in [6.07, 6.45) is 0. The second-order valence-corrected chi connectivity index (χ2v) is 4.92. The third-order valence-electron chi connectivity index (χ3n) is 2.62. The molecule has 0 aromatic carbocycles. The second-order valence-electron chi connectivity index (χ2n) is 3.89. The minimum atomic E-state index is -0.443. The summed E-state index contributed by atoms with van der Waals surface area (Å²) in [6.45, 7) is 7.56. The van der Waals surface area contributed by atoms with Gasteiger partial charge in [-0.15, -0.1) is 11.3 Å². The highest BCUT2D eigenvalue weighted by atomic mass is 32.1. The highest BCUT2D eigenvalue weighted by Gasteiger charge is 2.24. The summed E-state index contributed by atoms with van der Waals surface area (Å²) in [5.74, 6) is -0.153. The van der Waals surface area contributed by atoms with Gasteiger partial charge in [-0.1, -0.05) is 0 Å². The van der Waals surface area contributed by atoms with Crippen LogP contribution in [0.4, 0.5) is 10.7 Å². The molecular weight excluding hydrogens is 268 g/mol. The molecule has 0 N–H and O–H groups in total. The molecule has 0 bridgehead atoms. The lowest BCUT2D eigenvalue weighted by Gasteiger charge is -2.20. The topological polar surface area (TPSA) is 72.7 Å². The minimum absolute atomic E-state index is 0.00597. The van der Waals surface area contributed by atoms with Crippen molar-refractivity contribution in [2.45, 2.75) is 20.8 Å². The van der Waals surface area contributed by atoms with Crippen LogP contribution in [0.25, 0.3) is 0 Å². The summed E-state index contributed by atoms with van der Waals surface area (Å²) in [7, 11) is 0. The molecule has 1 rings (SSSR count). The lowest BCUT2D eigenvalue weighted by Crippen LogP contribution is -2.26. The SMILES string of the molecule is CCOCCN(CC)c1sc(C(C)=O)cc1[N+](=O)[O-]. The lowest BCUT2D eigenvalue weighted by atomic mass is 10.3. The molecule has 0 radical (unpaired) electrons. The molecule has 19 heavy (non-hydrogen) atoms. The number of ketones is 1. The van der Waals surface area contributed by atoms with Crippen molar-refractivity contribution in [3.05, 3.63) is 21.1 Å². The Morgan fingerprint density at radius 1 is 1.53 bits per heavy atom. The molecule has 1 aromatic heterocycles. The number of anilines is 1. The molecule has 0 atom stereocenters. The van der Waals surface area contributed by atoms with Gasteiger partial charge < -0.3 is 9.64 Å². The third-order valence-corrected chi connectivity index (χ3v) is 3.90. The van der Waals surface area contributed by atoms with E-state index in [9.17, 15) is 14.9 Å². The number of ether oxygens (including phenoxy) is 1. The normalized spacial score (nSPS) is 10.5. The van der Waals surface area contributed by atoms with Gasteiger partial charge in [-0.2, -0.15) is 0 Å². The van der Waals surface area contributed by atoms with E-state index in [2.05, 4.69) is 0 Å². The first-order valence-corrected chi connectivity index (χ1v) is 6.94. The molecule has 7 heteroatoms. The van der Waals surface area contributed by atoms with Gasteiger partial charge >= 0.3 is 5.69 Å². The summed E-state index contributed by atoms with van der Waals surface area (Å²) in [6, 6.07) is 1.35. The number of hydrogen-bond acceptors (Lipinski definition) is 6. The zero-order valence-corrected chi connectivity index (χ0v) is 12.2. The molecule has 0 aliphatic carbocycles. The van der Waals surface area contributed by atoms with Crippen LogP contribution < -0.4 is 4.90 Å². The molecule has 6 nitrogen and oxygen atoms in total. The molecule has 0 saturated heterocycles. The van der Waals surface area contributed by atoms with E-state index in [-0.39, 0.29) is 11.5 Å². The average Bonchev–Trinajstić information content (AvgIpc) is 2.80. The summed E-state index contributed by atoms with van der Waals surface area (Å²) < 4.78 is 5.27. The van der Waals surface area contributed by atoms with Crippen molar-refractivity contribution < 1.29 is 14.5 Å². The number of Topliss-reactive ketones (excluding diaryl/α,β-unsaturated/α-hetero) is 1. The number of thiophene rings is 1. The van der Waals surface area contributed by atoms with Crippen LogP contribution in [0.3, 0.4) is 0 Å². The summed E-state index contributed by atoms with van der Waals surface area (Å²) in [5.41, 5.74) is -0.00597. The molecule has 0 amide bonds. The number of nitrogens with zero attached hydrogens (tertiary/aromatic N) is 2. The van der Waals surface area contributed by atoms with Crippen LogP contribution in [0.5, 0.6) is 0 Å². The van der Waals surface area contributed by atoms with Gasteiger partial charge in [0.15, 0.2) is 10.8 Å². The largest absolute Gasteiger partial charge is 0.380 e. The Kier molecular flexibility index (Phi) is 5.91. The van der Waals surface area contributed by atoms with Crippen LogP contribution in [-0.2, 0) is 4.74 Å². The highest BCUT2D eigenvalue weighted by Crippen LogP contribution is 2.37. The monoisotopic (exact) mass is 286 g/mol. The molecule has 1 aromatic rings. The molecule has 0 aliphatic rings. The van der Waals surface area contributed by atoms with Crippen molar-refractivity contribution in [2.75, 3.05) is 31.2 Å². The average molecular weight is 286 g/mol.